The summed E-state index contributed by atoms with van der Waals surface area (Å²) in [5.41, 5.74) is 0. The van der Waals surface area contributed by atoms with Crippen molar-refractivity contribution in [1.82, 2.24) is 4.90 Å². The molecule has 3 nitrogen and oxygen atoms in total. The van der Waals surface area contributed by atoms with Crippen molar-refractivity contribution < 1.29 is 13.9 Å². The molecule has 1 saturated carbocycles. The Balaban J connectivity index is 1.75. The van der Waals surface area contributed by atoms with Gasteiger partial charge in [0.15, 0.2) is 11.6 Å². The Labute approximate surface area is 107 Å². The van der Waals surface area contributed by atoms with Crippen LogP contribution in [-0.4, -0.2) is 31.0 Å². The van der Waals surface area contributed by atoms with E-state index in [4.69, 9.17) is 4.74 Å². The first-order valence-electron chi connectivity index (χ1n) is 6.22. The highest BCUT2D eigenvalue weighted by Gasteiger charge is 2.40. The SMILES string of the molecule is C[C@@H]1C[C@@H]1C(=O)N(C)CCOc1ccccc1F. The molecule has 1 aromatic rings. The fourth-order valence-corrected chi connectivity index (χ4v) is 1.91. The quantitative estimate of drug-likeness (QED) is 0.803. The van der Waals surface area contributed by atoms with E-state index in [-0.39, 0.29) is 23.4 Å². The minimum Gasteiger partial charge on any atom is -0.489 e. The molecule has 0 spiro atoms. The monoisotopic (exact) mass is 251 g/mol. The largest absolute Gasteiger partial charge is 0.489 e. The highest BCUT2D eigenvalue weighted by Crippen LogP contribution is 2.38. The summed E-state index contributed by atoms with van der Waals surface area (Å²) < 4.78 is 18.6. The lowest BCUT2D eigenvalue weighted by Crippen LogP contribution is -2.32. The van der Waals surface area contributed by atoms with Crippen molar-refractivity contribution in [3.8, 4) is 5.75 Å². The molecular formula is C14H18FNO2. The van der Waals surface area contributed by atoms with Gasteiger partial charge in [0.2, 0.25) is 5.91 Å². The molecule has 0 bridgehead atoms. The normalized spacial score (nSPS) is 21.5. The molecule has 1 amide bonds. The zero-order valence-electron chi connectivity index (χ0n) is 10.7. The van der Waals surface area contributed by atoms with Crippen LogP contribution in [0.1, 0.15) is 13.3 Å². The molecule has 0 heterocycles. The maximum atomic E-state index is 13.3. The molecule has 2 rings (SSSR count). The van der Waals surface area contributed by atoms with E-state index in [1.54, 1.807) is 30.1 Å². The average molecular weight is 251 g/mol. The van der Waals surface area contributed by atoms with Crippen LogP contribution in [0.4, 0.5) is 4.39 Å². The van der Waals surface area contributed by atoms with Gasteiger partial charge in [-0.15, -0.1) is 0 Å². The fourth-order valence-electron chi connectivity index (χ4n) is 1.91. The molecule has 98 valence electrons. The molecule has 1 aliphatic rings. The summed E-state index contributed by atoms with van der Waals surface area (Å²) in [7, 11) is 1.76. The summed E-state index contributed by atoms with van der Waals surface area (Å²) in [6, 6.07) is 6.28. The molecule has 2 atom stereocenters. The van der Waals surface area contributed by atoms with Gasteiger partial charge in [-0.2, -0.15) is 0 Å². The molecule has 0 N–H and O–H groups in total. The Hall–Kier alpha value is -1.58. The van der Waals surface area contributed by atoms with Gasteiger partial charge in [-0.05, 0) is 24.5 Å². The van der Waals surface area contributed by atoms with Gasteiger partial charge in [0, 0.05) is 13.0 Å². The standard InChI is InChI=1S/C14H18FNO2/c1-10-9-11(10)14(17)16(2)7-8-18-13-6-4-3-5-12(13)15/h3-6,10-11H,7-9H2,1-2H3/t10-,11+/m1/s1. The Morgan fingerprint density at radius 2 is 2.17 bits per heavy atom. The van der Waals surface area contributed by atoms with Gasteiger partial charge in [0.05, 0.1) is 6.54 Å². The van der Waals surface area contributed by atoms with Gasteiger partial charge in [0.25, 0.3) is 0 Å². The van der Waals surface area contributed by atoms with Crippen LogP contribution in [0.25, 0.3) is 0 Å². The lowest BCUT2D eigenvalue weighted by Gasteiger charge is -2.17. The molecule has 4 heteroatoms. The third-order valence-electron chi connectivity index (χ3n) is 3.32. The van der Waals surface area contributed by atoms with Crippen molar-refractivity contribution in [2.24, 2.45) is 11.8 Å². The van der Waals surface area contributed by atoms with Crippen molar-refractivity contribution >= 4 is 5.91 Å². The van der Waals surface area contributed by atoms with Crippen LogP contribution in [0.2, 0.25) is 0 Å². The summed E-state index contributed by atoms with van der Waals surface area (Å²) in [6.45, 7) is 2.87. The fraction of sp³-hybridized carbons (Fsp3) is 0.500. The lowest BCUT2D eigenvalue weighted by molar-refractivity contribution is -0.131. The zero-order valence-corrected chi connectivity index (χ0v) is 10.7. The summed E-state index contributed by atoms with van der Waals surface area (Å²) in [4.78, 5) is 13.5. The maximum absolute atomic E-state index is 13.3. The van der Waals surface area contributed by atoms with E-state index in [9.17, 15) is 9.18 Å². The first-order valence-corrected chi connectivity index (χ1v) is 6.22. The van der Waals surface area contributed by atoms with Crippen molar-refractivity contribution in [3.63, 3.8) is 0 Å². The van der Waals surface area contributed by atoms with Crippen LogP contribution in [0.3, 0.4) is 0 Å². The minimum atomic E-state index is -0.373. The number of ether oxygens (including phenoxy) is 1. The Bertz CT molecular complexity index is 436. The number of carbonyl (C=O) groups is 1. The van der Waals surface area contributed by atoms with Crippen LogP contribution in [0.5, 0.6) is 5.75 Å². The number of rotatable bonds is 5. The summed E-state index contributed by atoms with van der Waals surface area (Å²) in [5, 5.41) is 0. The highest BCUT2D eigenvalue weighted by atomic mass is 19.1. The van der Waals surface area contributed by atoms with E-state index < -0.39 is 0 Å². The molecule has 18 heavy (non-hydrogen) atoms. The molecule has 0 aliphatic heterocycles. The highest BCUT2D eigenvalue weighted by molar-refractivity contribution is 5.81. The number of hydrogen-bond acceptors (Lipinski definition) is 2. The summed E-state index contributed by atoms with van der Waals surface area (Å²) in [6.07, 6.45) is 0.983. The third kappa shape index (κ3) is 3.00. The van der Waals surface area contributed by atoms with E-state index in [0.29, 0.717) is 19.1 Å². The first kappa shape index (κ1) is 12.9. The van der Waals surface area contributed by atoms with Crippen LogP contribution < -0.4 is 4.74 Å². The lowest BCUT2D eigenvalue weighted by atomic mass is 10.3. The number of halogens is 1. The maximum Gasteiger partial charge on any atom is 0.225 e. The Morgan fingerprint density at radius 3 is 2.78 bits per heavy atom. The molecule has 0 saturated heterocycles. The van der Waals surface area contributed by atoms with Crippen LogP contribution in [-0.2, 0) is 4.79 Å². The number of benzene rings is 1. The van der Waals surface area contributed by atoms with Crippen molar-refractivity contribution in [3.05, 3.63) is 30.1 Å². The van der Waals surface area contributed by atoms with Gasteiger partial charge < -0.3 is 9.64 Å². The predicted molar refractivity (Wildman–Crippen MR) is 66.8 cm³/mol. The second-order valence-corrected chi connectivity index (χ2v) is 4.86. The molecule has 0 unspecified atom stereocenters. The summed E-state index contributed by atoms with van der Waals surface area (Å²) >= 11 is 0. The number of para-hydroxylation sites is 1. The van der Waals surface area contributed by atoms with Gasteiger partial charge in [-0.1, -0.05) is 19.1 Å². The molecular weight excluding hydrogens is 233 g/mol. The van der Waals surface area contributed by atoms with Crippen molar-refractivity contribution in [2.45, 2.75) is 13.3 Å². The zero-order chi connectivity index (χ0) is 13.1. The number of nitrogens with zero attached hydrogens (tertiary/aromatic N) is 1. The second-order valence-electron chi connectivity index (χ2n) is 4.86. The molecule has 0 radical (unpaired) electrons. The van der Waals surface area contributed by atoms with Gasteiger partial charge in [0.1, 0.15) is 6.61 Å². The van der Waals surface area contributed by atoms with Crippen LogP contribution in [0, 0.1) is 17.7 Å². The number of hydrogen-bond donors (Lipinski definition) is 0. The third-order valence-corrected chi connectivity index (χ3v) is 3.32. The predicted octanol–water partition coefficient (Wildman–Crippen LogP) is 2.32. The first-order chi connectivity index (χ1) is 8.59. The summed E-state index contributed by atoms with van der Waals surface area (Å²) in [5.74, 6) is 0.718. The van der Waals surface area contributed by atoms with Crippen molar-refractivity contribution in [1.29, 1.82) is 0 Å². The van der Waals surface area contributed by atoms with E-state index in [1.807, 2.05) is 0 Å². The van der Waals surface area contributed by atoms with Gasteiger partial charge in [-0.25, -0.2) is 4.39 Å². The van der Waals surface area contributed by atoms with E-state index in [2.05, 4.69) is 6.92 Å². The number of likely N-dealkylation sites (N-methyl/N-ethyl adjacent to an activating group) is 1. The van der Waals surface area contributed by atoms with E-state index in [1.165, 1.54) is 6.07 Å². The topological polar surface area (TPSA) is 29.5 Å². The average Bonchev–Trinajstić information content (AvgIpc) is 3.08. The van der Waals surface area contributed by atoms with Crippen molar-refractivity contribution in [2.75, 3.05) is 20.2 Å². The van der Waals surface area contributed by atoms with Crippen LogP contribution in [0.15, 0.2) is 24.3 Å². The minimum absolute atomic E-state index is 0.166. The second kappa shape index (κ2) is 5.38. The molecule has 1 aliphatic carbocycles. The molecule has 1 aromatic carbocycles. The van der Waals surface area contributed by atoms with E-state index in [0.717, 1.165) is 6.42 Å². The van der Waals surface area contributed by atoms with Gasteiger partial charge in [-0.3, -0.25) is 4.79 Å². The molecule has 1 fully saturated rings. The van der Waals surface area contributed by atoms with E-state index >= 15 is 0 Å². The smallest absolute Gasteiger partial charge is 0.225 e. The number of amides is 1. The Morgan fingerprint density at radius 1 is 1.50 bits per heavy atom. The van der Waals surface area contributed by atoms with Crippen LogP contribution >= 0.6 is 0 Å². The number of carbonyl (C=O) groups excluding carboxylic acids is 1. The van der Waals surface area contributed by atoms with Gasteiger partial charge >= 0.3 is 0 Å². The molecule has 0 aromatic heterocycles. The Kier molecular flexibility index (Phi) is 3.84.